The Labute approximate surface area is 154 Å². The molecule has 0 fully saturated rings. The molecule has 120 valence electrons. The van der Waals surface area contributed by atoms with Crippen molar-refractivity contribution in [3.05, 3.63) is 75.6 Å². The fourth-order valence-electron chi connectivity index (χ4n) is 2.00. The summed E-state index contributed by atoms with van der Waals surface area (Å²) in [6.45, 7) is 0. The molecule has 0 amide bonds. The Bertz CT molecular complexity index is 873. The van der Waals surface area contributed by atoms with Gasteiger partial charge in [0.2, 0.25) is 5.13 Å². The van der Waals surface area contributed by atoms with Crippen molar-refractivity contribution in [1.82, 2.24) is 4.98 Å². The maximum absolute atomic E-state index is 6.20. The molecule has 6 heteroatoms. The van der Waals surface area contributed by atoms with Gasteiger partial charge in [-0.3, -0.25) is 5.43 Å². The minimum atomic E-state index is 0.577. The highest BCUT2D eigenvalue weighted by Gasteiger charge is 2.08. The SMILES string of the molecule is Clc1ccc(-c2csc(N/N=C/C=C/c3ccccc3)n2)c(Cl)c1. The molecule has 3 aromatic rings. The number of rotatable bonds is 5. The first kappa shape index (κ1) is 16.7. The van der Waals surface area contributed by atoms with Gasteiger partial charge in [-0.2, -0.15) is 5.10 Å². The highest BCUT2D eigenvalue weighted by Crippen LogP contribution is 2.32. The minimum Gasteiger partial charge on any atom is -0.253 e. The summed E-state index contributed by atoms with van der Waals surface area (Å²) in [5, 5.41) is 7.93. The second-order valence-corrected chi connectivity index (χ2v) is 6.52. The van der Waals surface area contributed by atoms with Crippen LogP contribution in [0, 0.1) is 0 Å². The zero-order valence-corrected chi connectivity index (χ0v) is 14.8. The van der Waals surface area contributed by atoms with Crippen molar-refractivity contribution in [3.63, 3.8) is 0 Å². The predicted molar refractivity (Wildman–Crippen MR) is 105 cm³/mol. The molecule has 0 radical (unpaired) electrons. The van der Waals surface area contributed by atoms with E-state index in [2.05, 4.69) is 15.5 Å². The second kappa shape index (κ2) is 8.11. The van der Waals surface area contributed by atoms with Gasteiger partial charge in [0.25, 0.3) is 0 Å². The Morgan fingerprint density at radius 3 is 2.71 bits per heavy atom. The van der Waals surface area contributed by atoms with Gasteiger partial charge in [-0.15, -0.1) is 11.3 Å². The largest absolute Gasteiger partial charge is 0.253 e. The number of hydrazone groups is 1. The standard InChI is InChI=1S/C18H13Cl2N3S/c19-14-8-9-15(16(20)11-14)17-12-24-18(22-17)23-21-10-4-7-13-5-2-1-3-6-13/h1-12H,(H,22,23)/b7-4+,21-10+. The number of hydrogen-bond donors (Lipinski definition) is 1. The molecular weight excluding hydrogens is 361 g/mol. The lowest BCUT2D eigenvalue weighted by Gasteiger charge is -2.00. The van der Waals surface area contributed by atoms with Gasteiger partial charge in [-0.05, 0) is 29.8 Å². The Balaban J connectivity index is 1.62. The Morgan fingerprint density at radius 2 is 1.92 bits per heavy atom. The molecule has 3 nitrogen and oxygen atoms in total. The van der Waals surface area contributed by atoms with Crippen molar-refractivity contribution in [2.24, 2.45) is 5.10 Å². The van der Waals surface area contributed by atoms with Gasteiger partial charge in [0, 0.05) is 22.2 Å². The maximum Gasteiger partial charge on any atom is 0.203 e. The van der Waals surface area contributed by atoms with E-state index in [1.54, 1.807) is 18.3 Å². The monoisotopic (exact) mass is 373 g/mol. The molecule has 0 bridgehead atoms. The van der Waals surface area contributed by atoms with E-state index in [-0.39, 0.29) is 0 Å². The molecular formula is C18H13Cl2N3S. The average molecular weight is 374 g/mol. The number of aromatic nitrogens is 1. The third kappa shape index (κ3) is 4.45. The van der Waals surface area contributed by atoms with E-state index >= 15 is 0 Å². The average Bonchev–Trinajstić information content (AvgIpc) is 3.04. The van der Waals surface area contributed by atoms with Gasteiger partial charge in [-0.25, -0.2) is 4.98 Å². The van der Waals surface area contributed by atoms with Crippen LogP contribution in [0.2, 0.25) is 10.0 Å². The summed E-state index contributed by atoms with van der Waals surface area (Å²) >= 11 is 13.6. The number of allylic oxidation sites excluding steroid dienone is 1. The first-order valence-corrected chi connectivity index (χ1v) is 8.78. The molecule has 0 atom stereocenters. The zero-order chi connectivity index (χ0) is 16.8. The summed E-state index contributed by atoms with van der Waals surface area (Å²) in [4.78, 5) is 4.47. The second-order valence-electron chi connectivity index (χ2n) is 4.82. The van der Waals surface area contributed by atoms with Crippen molar-refractivity contribution in [2.75, 3.05) is 5.43 Å². The number of thiazole rings is 1. The molecule has 0 unspecified atom stereocenters. The fourth-order valence-corrected chi connectivity index (χ4v) is 3.16. The minimum absolute atomic E-state index is 0.577. The van der Waals surface area contributed by atoms with E-state index < -0.39 is 0 Å². The first-order chi connectivity index (χ1) is 11.7. The molecule has 3 rings (SSSR count). The van der Waals surface area contributed by atoms with E-state index in [0.29, 0.717) is 15.2 Å². The Kier molecular flexibility index (Phi) is 5.64. The van der Waals surface area contributed by atoms with E-state index in [1.165, 1.54) is 11.3 Å². The third-order valence-electron chi connectivity index (χ3n) is 3.12. The van der Waals surface area contributed by atoms with Crippen LogP contribution < -0.4 is 5.43 Å². The quantitative estimate of drug-likeness (QED) is 0.425. The van der Waals surface area contributed by atoms with Gasteiger partial charge in [0.1, 0.15) is 0 Å². The van der Waals surface area contributed by atoms with Gasteiger partial charge in [-0.1, -0.05) is 59.6 Å². The summed E-state index contributed by atoms with van der Waals surface area (Å²) in [6, 6.07) is 15.4. The summed E-state index contributed by atoms with van der Waals surface area (Å²) in [6.07, 6.45) is 5.53. The van der Waals surface area contributed by atoms with Crippen molar-refractivity contribution in [2.45, 2.75) is 0 Å². The van der Waals surface area contributed by atoms with Crippen LogP contribution >= 0.6 is 34.5 Å². The van der Waals surface area contributed by atoms with Crippen molar-refractivity contribution in [3.8, 4) is 11.3 Å². The van der Waals surface area contributed by atoms with Crippen molar-refractivity contribution < 1.29 is 0 Å². The van der Waals surface area contributed by atoms with Gasteiger partial charge in [0.15, 0.2) is 0 Å². The molecule has 0 aliphatic heterocycles. The van der Waals surface area contributed by atoms with E-state index in [1.807, 2.05) is 53.9 Å². The van der Waals surface area contributed by atoms with Gasteiger partial charge in [0.05, 0.1) is 10.7 Å². The highest BCUT2D eigenvalue weighted by molar-refractivity contribution is 7.14. The van der Waals surface area contributed by atoms with E-state index in [0.717, 1.165) is 16.8 Å². The van der Waals surface area contributed by atoms with Crippen LogP contribution in [-0.2, 0) is 0 Å². The van der Waals surface area contributed by atoms with Crippen LogP contribution in [0.15, 0.2) is 65.1 Å². The summed E-state index contributed by atoms with van der Waals surface area (Å²) in [7, 11) is 0. The maximum atomic E-state index is 6.20. The first-order valence-electron chi connectivity index (χ1n) is 7.14. The van der Waals surface area contributed by atoms with Crippen LogP contribution in [0.25, 0.3) is 17.3 Å². The number of benzene rings is 2. The van der Waals surface area contributed by atoms with Crippen molar-refractivity contribution >= 4 is 52.0 Å². The van der Waals surface area contributed by atoms with Crippen LogP contribution in [0.5, 0.6) is 0 Å². The molecule has 1 N–H and O–H groups in total. The van der Waals surface area contributed by atoms with Crippen LogP contribution in [0.1, 0.15) is 5.56 Å². The number of nitrogens with zero attached hydrogens (tertiary/aromatic N) is 2. The molecule has 0 saturated carbocycles. The van der Waals surface area contributed by atoms with Crippen molar-refractivity contribution in [1.29, 1.82) is 0 Å². The number of nitrogens with one attached hydrogen (secondary N) is 1. The molecule has 0 spiro atoms. The fraction of sp³-hybridized carbons (Fsp3) is 0. The molecule has 1 aromatic heterocycles. The lowest BCUT2D eigenvalue weighted by molar-refractivity contribution is 1.29. The van der Waals surface area contributed by atoms with Crippen LogP contribution in [0.4, 0.5) is 5.13 Å². The predicted octanol–water partition coefficient (Wildman–Crippen LogP) is 6.23. The zero-order valence-electron chi connectivity index (χ0n) is 12.5. The molecule has 0 saturated heterocycles. The lowest BCUT2D eigenvalue weighted by atomic mass is 10.2. The topological polar surface area (TPSA) is 37.3 Å². The number of anilines is 1. The number of halogens is 2. The van der Waals surface area contributed by atoms with Crippen LogP contribution in [0.3, 0.4) is 0 Å². The molecule has 0 aliphatic rings. The van der Waals surface area contributed by atoms with Crippen LogP contribution in [-0.4, -0.2) is 11.2 Å². The number of hydrogen-bond acceptors (Lipinski definition) is 4. The smallest absolute Gasteiger partial charge is 0.203 e. The molecule has 2 aromatic carbocycles. The highest BCUT2D eigenvalue weighted by atomic mass is 35.5. The van der Waals surface area contributed by atoms with E-state index in [4.69, 9.17) is 23.2 Å². The molecule has 24 heavy (non-hydrogen) atoms. The van der Waals surface area contributed by atoms with E-state index in [9.17, 15) is 0 Å². The summed E-state index contributed by atoms with van der Waals surface area (Å²) in [5.41, 5.74) is 5.67. The molecule has 1 heterocycles. The Morgan fingerprint density at radius 1 is 1.08 bits per heavy atom. The van der Waals surface area contributed by atoms with Gasteiger partial charge >= 0.3 is 0 Å². The van der Waals surface area contributed by atoms with Gasteiger partial charge < -0.3 is 0 Å². The summed E-state index contributed by atoms with van der Waals surface area (Å²) < 4.78 is 0. The lowest BCUT2D eigenvalue weighted by Crippen LogP contribution is -1.87. The third-order valence-corrected chi connectivity index (χ3v) is 4.42. The normalized spacial score (nSPS) is 11.4. The summed E-state index contributed by atoms with van der Waals surface area (Å²) in [5.74, 6) is 0. The molecule has 0 aliphatic carbocycles. The Hall–Kier alpha value is -2.14.